The van der Waals surface area contributed by atoms with Crippen LogP contribution in [0.25, 0.3) is 0 Å². The third-order valence-corrected chi connectivity index (χ3v) is 19.3. The summed E-state index contributed by atoms with van der Waals surface area (Å²) in [6.07, 6.45) is 2.97. The Hall–Kier alpha value is 0.690. The van der Waals surface area contributed by atoms with Crippen molar-refractivity contribution in [3.05, 3.63) is 0 Å². The number of hydrogen-bond donors (Lipinski definition) is 0. The highest BCUT2D eigenvalue weighted by Crippen LogP contribution is 2.44. The maximum atomic E-state index is 12.4. The molecule has 10 aliphatic rings. The Balaban J connectivity index is 0.000000150. The van der Waals surface area contributed by atoms with Crippen LogP contribution >= 0.6 is 35.3 Å². The van der Waals surface area contributed by atoms with Gasteiger partial charge in [0.2, 0.25) is 0 Å². The van der Waals surface area contributed by atoms with Gasteiger partial charge in [0.05, 0.1) is 24.7 Å². The van der Waals surface area contributed by atoms with Crippen molar-refractivity contribution in [2.45, 2.75) is 43.7 Å². The van der Waals surface area contributed by atoms with Crippen LogP contribution in [-0.2, 0) is 25.4 Å². The molecule has 58 heavy (non-hydrogen) atoms. The minimum absolute atomic E-state index is 0.0312. The molecule has 0 aromatic rings. The molecule has 0 radical (unpaired) electrons. The van der Waals surface area contributed by atoms with Gasteiger partial charge in [-0.05, 0) is 62.2 Å². The molecular formula is C40H79F2N7O4S5. The molecule has 18 heteroatoms. The average molecular weight is 920 g/mol. The van der Waals surface area contributed by atoms with Gasteiger partial charge in [-0.1, -0.05) is 0 Å². The summed E-state index contributed by atoms with van der Waals surface area (Å²) < 4.78 is 62.0. The van der Waals surface area contributed by atoms with Gasteiger partial charge in [-0.15, -0.1) is 0 Å². The highest BCUT2D eigenvalue weighted by molar-refractivity contribution is 8.00. The topological polar surface area (TPSA) is 83.1 Å². The molecule has 0 aromatic heterocycles. The number of piperidine rings is 1. The molecule has 10 aliphatic heterocycles. The van der Waals surface area contributed by atoms with Crippen LogP contribution in [0, 0.1) is 10.8 Å². The summed E-state index contributed by atoms with van der Waals surface area (Å²) in [4.78, 5) is 15.8. The number of rotatable bonds is 0. The van der Waals surface area contributed by atoms with Crippen molar-refractivity contribution in [2.75, 3.05) is 199 Å². The Labute approximate surface area is 367 Å². The number of fused-ring (bicyclic) bond motifs is 2. The molecule has 342 valence electrons. The fourth-order valence-electron chi connectivity index (χ4n) is 8.31. The number of halogens is 2. The molecule has 10 rings (SSSR count). The van der Waals surface area contributed by atoms with E-state index in [9.17, 15) is 21.4 Å². The Morgan fingerprint density at radius 1 is 0.586 bits per heavy atom. The van der Waals surface area contributed by atoms with Crippen LogP contribution in [0.1, 0.15) is 25.7 Å². The quantitative estimate of drug-likeness (QED) is 0.358. The van der Waals surface area contributed by atoms with Crippen LogP contribution in [0.2, 0.25) is 0 Å². The smallest absolute Gasteiger partial charge is 0.250 e. The summed E-state index contributed by atoms with van der Waals surface area (Å²) in [6.45, 7) is 14.3. The van der Waals surface area contributed by atoms with Gasteiger partial charge in [0.15, 0.2) is 9.84 Å². The summed E-state index contributed by atoms with van der Waals surface area (Å²) in [5.74, 6) is 8.31. The van der Waals surface area contributed by atoms with Gasteiger partial charge < -0.3 is 34.1 Å². The minimum atomic E-state index is -2.66. The summed E-state index contributed by atoms with van der Waals surface area (Å²) in [5.41, 5.74) is 1.42. The molecule has 0 saturated carbocycles. The second kappa shape index (κ2) is 24.7. The van der Waals surface area contributed by atoms with Crippen molar-refractivity contribution < 1.29 is 26.1 Å². The normalized spacial score (nSPS) is 31.6. The Morgan fingerprint density at radius 2 is 1.03 bits per heavy atom. The third kappa shape index (κ3) is 18.4. The summed E-state index contributed by atoms with van der Waals surface area (Å²) >= 11 is 6.29. The van der Waals surface area contributed by atoms with Crippen molar-refractivity contribution in [1.29, 1.82) is 0 Å². The lowest BCUT2D eigenvalue weighted by Gasteiger charge is -2.54. The fraction of sp³-hybridized carbons (Fsp3) is 1.00. The molecule has 10 saturated heterocycles. The van der Waals surface area contributed by atoms with Crippen molar-refractivity contribution in [1.82, 2.24) is 34.3 Å². The average Bonchev–Trinajstić information content (AvgIpc) is 3.30. The molecular weight excluding hydrogens is 841 g/mol. The lowest BCUT2D eigenvalue weighted by molar-refractivity contribution is -0.182. The number of thioether (sulfide) groups is 3. The maximum Gasteiger partial charge on any atom is 0.250 e. The van der Waals surface area contributed by atoms with Gasteiger partial charge in [0.1, 0.15) is 0 Å². The van der Waals surface area contributed by atoms with E-state index in [0.29, 0.717) is 43.1 Å². The fourth-order valence-corrected chi connectivity index (χ4v) is 14.6. The van der Waals surface area contributed by atoms with Gasteiger partial charge >= 0.3 is 0 Å². The van der Waals surface area contributed by atoms with Crippen LogP contribution in [0.4, 0.5) is 8.78 Å². The SMILES string of the molecule is CN1C2CCC1CSC2.CN1CC2(COC2)C1.CN1CC2(CSC2)C1.CN1CCC(F)(F)CC1.CN1CCS(=O)(=O)CC1.CN1CCS(=O)CC1.CN1CCSCC1. The lowest BCUT2D eigenvalue weighted by Crippen LogP contribution is -2.64. The van der Waals surface area contributed by atoms with Gasteiger partial charge in [0.25, 0.3) is 5.92 Å². The molecule has 2 spiro atoms. The number of ether oxygens (including phenoxy) is 1. The predicted molar refractivity (Wildman–Crippen MR) is 248 cm³/mol. The monoisotopic (exact) mass is 919 g/mol. The van der Waals surface area contributed by atoms with E-state index < -0.39 is 26.6 Å². The molecule has 10 fully saturated rings. The zero-order valence-corrected chi connectivity index (χ0v) is 41.1. The van der Waals surface area contributed by atoms with Crippen molar-refractivity contribution in [3.8, 4) is 0 Å². The molecule has 0 aromatic carbocycles. The first-order valence-corrected chi connectivity index (χ1v) is 28.2. The molecule has 10 heterocycles. The van der Waals surface area contributed by atoms with Gasteiger partial charge in [-0.3, -0.25) is 9.11 Å². The molecule has 0 amide bonds. The van der Waals surface area contributed by atoms with Crippen LogP contribution in [0.5, 0.6) is 0 Å². The Kier molecular flexibility index (Phi) is 21.8. The van der Waals surface area contributed by atoms with Crippen LogP contribution in [0.3, 0.4) is 0 Å². The molecule has 0 N–H and O–H groups in total. The van der Waals surface area contributed by atoms with E-state index in [0.717, 1.165) is 55.3 Å². The molecule has 0 aliphatic carbocycles. The van der Waals surface area contributed by atoms with E-state index in [1.807, 2.05) is 23.9 Å². The number of hydrogen-bond acceptors (Lipinski definition) is 14. The summed E-state index contributed by atoms with van der Waals surface area (Å²) in [5, 5.41) is 0. The Bertz CT molecular complexity index is 1240. The number of likely N-dealkylation sites (tertiary alicyclic amines) is 3. The first-order chi connectivity index (χ1) is 27.4. The molecule has 2 bridgehead atoms. The highest BCUT2D eigenvalue weighted by Gasteiger charge is 2.47. The number of alkyl halides is 2. The highest BCUT2D eigenvalue weighted by atomic mass is 32.2. The van der Waals surface area contributed by atoms with E-state index in [2.05, 4.69) is 95.0 Å². The van der Waals surface area contributed by atoms with Crippen LogP contribution < -0.4 is 0 Å². The van der Waals surface area contributed by atoms with E-state index >= 15 is 0 Å². The van der Waals surface area contributed by atoms with Gasteiger partial charge in [-0.2, -0.15) is 35.3 Å². The number of sulfone groups is 1. The number of nitrogens with zero attached hydrogens (tertiary/aromatic N) is 7. The predicted octanol–water partition coefficient (Wildman–Crippen LogP) is 2.85. The summed E-state index contributed by atoms with van der Waals surface area (Å²) in [7, 11) is 11.5. The largest absolute Gasteiger partial charge is 0.380 e. The zero-order chi connectivity index (χ0) is 42.4. The van der Waals surface area contributed by atoms with E-state index in [1.54, 1.807) is 0 Å². The third-order valence-electron chi connectivity index (χ3n) is 12.6. The Morgan fingerprint density at radius 3 is 1.33 bits per heavy atom. The first kappa shape index (κ1) is 51.3. The minimum Gasteiger partial charge on any atom is -0.380 e. The van der Waals surface area contributed by atoms with Crippen molar-refractivity contribution >= 4 is 55.9 Å². The van der Waals surface area contributed by atoms with Crippen molar-refractivity contribution in [2.24, 2.45) is 10.8 Å². The zero-order valence-electron chi connectivity index (χ0n) is 37.0. The maximum absolute atomic E-state index is 12.4. The lowest BCUT2D eigenvalue weighted by atomic mass is 9.79. The van der Waals surface area contributed by atoms with Crippen LogP contribution in [-0.4, -0.2) is 264 Å². The second-order valence-electron chi connectivity index (χ2n) is 18.6. The van der Waals surface area contributed by atoms with Gasteiger partial charge in [0, 0.05) is 171 Å². The molecule has 2 atom stereocenters. The standard InChI is InChI=1S/C7H13NS.C6H11F2N.C6H11NO.C6H11NS.C5H11NO2S.C5H11NOS.C5H11NS/c1-8-6-2-3-7(8)5-9-4-6;1-9-4-2-6(7,8)3-5-9;2*1-7-2-6(3-7)4-8-5-6;1-6-2-4-9(7,8)5-3-6;1-6-2-4-8(7)5-3-6;1-6-2-4-7-5-3-6/h6-7H,2-5H2,1H3;2-5H2,1H3;2*2-5H2,1H3;2-5H2,1H3;2-5H2,1H3;2-5H2,1H3. The molecule has 2 unspecified atom stereocenters. The van der Waals surface area contributed by atoms with Crippen molar-refractivity contribution in [3.63, 3.8) is 0 Å². The van der Waals surface area contributed by atoms with Crippen LogP contribution in [0.15, 0.2) is 0 Å². The van der Waals surface area contributed by atoms with E-state index in [-0.39, 0.29) is 12.8 Å². The van der Waals surface area contributed by atoms with Gasteiger partial charge in [-0.25, -0.2) is 17.2 Å². The molecule has 11 nitrogen and oxygen atoms in total. The second-order valence-corrected chi connectivity index (χ2v) is 25.9. The van der Waals surface area contributed by atoms with E-state index in [4.69, 9.17) is 4.74 Å². The first-order valence-electron chi connectivity index (χ1n) is 21.5. The summed E-state index contributed by atoms with van der Waals surface area (Å²) in [6, 6.07) is 1.85. The van der Waals surface area contributed by atoms with E-state index in [1.165, 1.54) is 86.6 Å².